The standard InChI is InChI=1S/C21H23ClN4O2/c1-3-4-5-15-6-10-17(11-7-15)23-21(27)20-19(14-28-2)26(25-24-20)18-12-8-16(22)9-13-18/h6-13H,3-5,14H2,1-2H3,(H,23,27). The van der Waals surface area contributed by atoms with Crippen molar-refractivity contribution in [3.8, 4) is 5.69 Å². The van der Waals surface area contributed by atoms with Crippen molar-refractivity contribution >= 4 is 23.2 Å². The lowest BCUT2D eigenvalue weighted by Crippen LogP contribution is -2.16. The molecule has 0 aliphatic heterocycles. The monoisotopic (exact) mass is 398 g/mol. The van der Waals surface area contributed by atoms with Crippen LogP contribution < -0.4 is 5.32 Å². The van der Waals surface area contributed by atoms with Crippen molar-refractivity contribution in [3.63, 3.8) is 0 Å². The Kier molecular flexibility index (Phi) is 6.79. The largest absolute Gasteiger partial charge is 0.378 e. The number of anilines is 1. The molecular weight excluding hydrogens is 376 g/mol. The molecule has 1 aromatic heterocycles. The first-order valence-electron chi connectivity index (χ1n) is 9.22. The van der Waals surface area contributed by atoms with E-state index >= 15 is 0 Å². The molecule has 0 radical (unpaired) electrons. The Morgan fingerprint density at radius 2 is 1.86 bits per heavy atom. The Balaban J connectivity index is 1.80. The molecule has 0 aliphatic carbocycles. The molecule has 146 valence electrons. The van der Waals surface area contributed by atoms with Gasteiger partial charge in [0.15, 0.2) is 5.69 Å². The molecule has 0 atom stereocenters. The molecule has 6 nitrogen and oxygen atoms in total. The Morgan fingerprint density at radius 1 is 1.14 bits per heavy atom. The van der Waals surface area contributed by atoms with Crippen LogP contribution in [0, 0.1) is 0 Å². The number of nitrogens with one attached hydrogen (secondary N) is 1. The van der Waals surface area contributed by atoms with Gasteiger partial charge in [-0.15, -0.1) is 5.10 Å². The molecule has 0 bridgehead atoms. The molecule has 0 saturated heterocycles. The van der Waals surface area contributed by atoms with Gasteiger partial charge in [0.1, 0.15) is 5.69 Å². The van der Waals surface area contributed by atoms with Crippen LogP contribution in [0.25, 0.3) is 5.69 Å². The minimum Gasteiger partial charge on any atom is -0.378 e. The molecule has 2 aromatic carbocycles. The molecule has 1 heterocycles. The van der Waals surface area contributed by atoms with Crippen LogP contribution in [0.2, 0.25) is 5.02 Å². The molecule has 3 rings (SSSR count). The van der Waals surface area contributed by atoms with E-state index in [-0.39, 0.29) is 18.2 Å². The predicted octanol–water partition coefficient (Wildman–Crippen LogP) is 4.66. The maximum Gasteiger partial charge on any atom is 0.278 e. The maximum atomic E-state index is 12.8. The van der Waals surface area contributed by atoms with E-state index in [1.165, 1.54) is 5.56 Å². The van der Waals surface area contributed by atoms with E-state index in [4.69, 9.17) is 16.3 Å². The van der Waals surface area contributed by atoms with Gasteiger partial charge >= 0.3 is 0 Å². The number of amides is 1. The summed E-state index contributed by atoms with van der Waals surface area (Å²) in [4.78, 5) is 12.8. The summed E-state index contributed by atoms with van der Waals surface area (Å²) in [5, 5.41) is 11.7. The summed E-state index contributed by atoms with van der Waals surface area (Å²) < 4.78 is 6.85. The number of aromatic nitrogens is 3. The van der Waals surface area contributed by atoms with E-state index < -0.39 is 0 Å². The van der Waals surface area contributed by atoms with E-state index in [0.29, 0.717) is 10.7 Å². The van der Waals surface area contributed by atoms with Crippen molar-refractivity contribution < 1.29 is 9.53 Å². The number of hydrogen-bond acceptors (Lipinski definition) is 4. The van der Waals surface area contributed by atoms with Gasteiger partial charge in [-0.1, -0.05) is 42.3 Å². The van der Waals surface area contributed by atoms with Gasteiger partial charge in [0, 0.05) is 17.8 Å². The van der Waals surface area contributed by atoms with Gasteiger partial charge < -0.3 is 10.1 Å². The molecule has 0 spiro atoms. The molecule has 0 fully saturated rings. The molecule has 0 aliphatic rings. The lowest BCUT2D eigenvalue weighted by Gasteiger charge is -2.08. The minimum absolute atomic E-state index is 0.203. The second-order valence-corrected chi connectivity index (χ2v) is 6.90. The summed E-state index contributed by atoms with van der Waals surface area (Å²) in [5.74, 6) is -0.325. The minimum atomic E-state index is -0.325. The van der Waals surface area contributed by atoms with Crippen molar-refractivity contribution in [2.75, 3.05) is 12.4 Å². The number of nitrogens with zero attached hydrogens (tertiary/aromatic N) is 3. The maximum absolute atomic E-state index is 12.8. The van der Waals surface area contributed by atoms with Gasteiger partial charge in [0.2, 0.25) is 0 Å². The Hall–Kier alpha value is -2.70. The van der Waals surface area contributed by atoms with Crippen LogP contribution in [0.5, 0.6) is 0 Å². The summed E-state index contributed by atoms with van der Waals surface area (Å²) in [7, 11) is 1.57. The highest BCUT2D eigenvalue weighted by molar-refractivity contribution is 6.30. The summed E-state index contributed by atoms with van der Waals surface area (Å²) in [6.45, 7) is 2.37. The van der Waals surface area contributed by atoms with Crippen LogP contribution in [0.3, 0.4) is 0 Å². The van der Waals surface area contributed by atoms with Crippen LogP contribution in [-0.4, -0.2) is 28.0 Å². The van der Waals surface area contributed by atoms with Crippen molar-refractivity contribution in [1.29, 1.82) is 0 Å². The SMILES string of the molecule is CCCCc1ccc(NC(=O)c2nnn(-c3ccc(Cl)cc3)c2COC)cc1. The van der Waals surface area contributed by atoms with Gasteiger partial charge in [-0.25, -0.2) is 4.68 Å². The highest BCUT2D eigenvalue weighted by Gasteiger charge is 2.20. The third-order valence-electron chi connectivity index (χ3n) is 4.36. The average Bonchev–Trinajstić information content (AvgIpc) is 3.12. The first-order valence-corrected chi connectivity index (χ1v) is 9.60. The molecule has 0 unspecified atom stereocenters. The zero-order valence-corrected chi connectivity index (χ0v) is 16.7. The number of carbonyl (C=O) groups is 1. The molecule has 1 N–H and O–H groups in total. The summed E-state index contributed by atoms with van der Waals surface area (Å²) in [5.41, 5.74) is 3.53. The highest BCUT2D eigenvalue weighted by Crippen LogP contribution is 2.18. The smallest absolute Gasteiger partial charge is 0.278 e. The number of halogens is 1. The zero-order chi connectivity index (χ0) is 19.9. The number of ether oxygens (including phenoxy) is 1. The van der Waals surface area contributed by atoms with Gasteiger partial charge in [-0.05, 0) is 54.8 Å². The molecule has 28 heavy (non-hydrogen) atoms. The van der Waals surface area contributed by atoms with Crippen LogP contribution in [-0.2, 0) is 17.8 Å². The fourth-order valence-electron chi connectivity index (χ4n) is 2.86. The van der Waals surface area contributed by atoms with Gasteiger partial charge in [-0.2, -0.15) is 0 Å². The number of rotatable bonds is 8. The Bertz CT molecular complexity index is 921. The van der Waals surface area contributed by atoms with E-state index in [1.807, 2.05) is 36.4 Å². The molecular formula is C21H23ClN4O2. The second kappa shape index (κ2) is 9.48. The van der Waals surface area contributed by atoms with E-state index in [2.05, 4.69) is 22.6 Å². The number of unbranched alkanes of at least 4 members (excludes halogenated alkanes) is 1. The van der Waals surface area contributed by atoms with Crippen molar-refractivity contribution in [2.45, 2.75) is 32.8 Å². The van der Waals surface area contributed by atoms with Crippen molar-refractivity contribution in [2.24, 2.45) is 0 Å². The van der Waals surface area contributed by atoms with E-state index in [0.717, 1.165) is 30.6 Å². The molecule has 0 saturated carbocycles. The van der Waals surface area contributed by atoms with Crippen LogP contribution in [0.15, 0.2) is 48.5 Å². The van der Waals surface area contributed by atoms with Gasteiger partial charge in [0.25, 0.3) is 5.91 Å². The lowest BCUT2D eigenvalue weighted by molar-refractivity contribution is 0.101. The van der Waals surface area contributed by atoms with Gasteiger partial charge in [0.05, 0.1) is 12.3 Å². The predicted molar refractivity (Wildman–Crippen MR) is 110 cm³/mol. The Morgan fingerprint density at radius 3 is 2.50 bits per heavy atom. The molecule has 3 aromatic rings. The summed E-state index contributed by atoms with van der Waals surface area (Å²) >= 11 is 5.95. The number of aryl methyl sites for hydroxylation is 1. The number of hydrogen-bond donors (Lipinski definition) is 1. The van der Waals surface area contributed by atoms with Crippen molar-refractivity contribution in [3.05, 3.63) is 70.5 Å². The van der Waals surface area contributed by atoms with Crippen LogP contribution in [0.1, 0.15) is 41.5 Å². The fourth-order valence-corrected chi connectivity index (χ4v) is 2.99. The lowest BCUT2D eigenvalue weighted by atomic mass is 10.1. The molecule has 1 amide bonds. The number of methoxy groups -OCH3 is 1. The van der Waals surface area contributed by atoms with E-state index in [9.17, 15) is 4.79 Å². The third-order valence-corrected chi connectivity index (χ3v) is 4.61. The third kappa shape index (κ3) is 4.77. The Labute approximate surface area is 169 Å². The first-order chi connectivity index (χ1) is 13.6. The van der Waals surface area contributed by atoms with Crippen LogP contribution >= 0.6 is 11.6 Å². The first kappa shape index (κ1) is 20.0. The topological polar surface area (TPSA) is 69.0 Å². The van der Waals surface area contributed by atoms with Gasteiger partial charge in [-0.3, -0.25) is 4.79 Å². The number of benzene rings is 2. The zero-order valence-electron chi connectivity index (χ0n) is 16.0. The fraction of sp³-hybridized carbons (Fsp3) is 0.286. The number of carbonyl (C=O) groups excluding carboxylic acids is 1. The normalized spacial score (nSPS) is 10.8. The second-order valence-electron chi connectivity index (χ2n) is 6.46. The quantitative estimate of drug-likeness (QED) is 0.599. The molecule has 7 heteroatoms. The summed E-state index contributed by atoms with van der Waals surface area (Å²) in [6, 6.07) is 15.0. The van der Waals surface area contributed by atoms with E-state index in [1.54, 1.807) is 23.9 Å². The highest BCUT2D eigenvalue weighted by atomic mass is 35.5. The summed E-state index contributed by atoms with van der Waals surface area (Å²) in [6.07, 6.45) is 3.35. The average molecular weight is 399 g/mol. The van der Waals surface area contributed by atoms with Crippen LogP contribution in [0.4, 0.5) is 5.69 Å². The van der Waals surface area contributed by atoms with Crippen molar-refractivity contribution in [1.82, 2.24) is 15.0 Å².